The van der Waals surface area contributed by atoms with Crippen LogP contribution in [-0.4, -0.2) is 23.6 Å². The van der Waals surface area contributed by atoms with E-state index in [1.165, 1.54) is 20.0 Å². The lowest BCUT2D eigenvalue weighted by atomic mass is 10.1. The van der Waals surface area contributed by atoms with Crippen LogP contribution in [0.4, 0.5) is 22.7 Å². The molecule has 2 fully saturated rings. The number of anilines is 4. The minimum Gasteiger partial charge on any atom is -0.267 e. The lowest BCUT2D eigenvalue weighted by Gasteiger charge is -2.27. The lowest BCUT2D eigenvalue weighted by Crippen LogP contribution is -2.41. The summed E-state index contributed by atoms with van der Waals surface area (Å²) in [5.41, 5.74) is 3.51. The number of amides is 4. The van der Waals surface area contributed by atoms with Crippen molar-refractivity contribution >= 4 is 58.5 Å². The number of carbonyl (C=O) groups excluding carboxylic acids is 4. The van der Waals surface area contributed by atoms with E-state index in [9.17, 15) is 19.2 Å². The maximum atomic E-state index is 13.7. The molecule has 46 heavy (non-hydrogen) atoms. The van der Waals surface area contributed by atoms with Crippen molar-refractivity contribution < 1.29 is 19.2 Å². The van der Waals surface area contributed by atoms with Crippen molar-refractivity contribution in [1.29, 1.82) is 0 Å². The molecule has 4 amide bonds. The summed E-state index contributed by atoms with van der Waals surface area (Å²) in [6.07, 6.45) is 3.11. The van der Waals surface area contributed by atoms with Crippen molar-refractivity contribution in [2.24, 2.45) is 0 Å². The van der Waals surface area contributed by atoms with Gasteiger partial charge in [-0.15, -0.1) is 0 Å². The Bertz CT molecular complexity index is 1740. The maximum absolute atomic E-state index is 13.7. The van der Waals surface area contributed by atoms with Gasteiger partial charge in [-0.1, -0.05) is 97.1 Å². The van der Waals surface area contributed by atoms with Gasteiger partial charge in [-0.2, -0.15) is 0 Å². The molecule has 0 unspecified atom stereocenters. The second-order valence-electron chi connectivity index (χ2n) is 10.6. The van der Waals surface area contributed by atoms with Crippen LogP contribution >= 0.6 is 0 Å². The van der Waals surface area contributed by atoms with Crippen LogP contribution in [0.25, 0.3) is 12.2 Å². The minimum absolute atomic E-state index is 0.0111. The molecule has 8 nitrogen and oxygen atoms in total. The molecule has 2 heterocycles. The number of nitrogens with zero attached hydrogens (tertiary/aromatic N) is 4. The van der Waals surface area contributed by atoms with Crippen LogP contribution in [0.15, 0.2) is 157 Å². The van der Waals surface area contributed by atoms with Crippen LogP contribution in [0, 0.1) is 0 Å². The number of hydrogen-bond donors (Lipinski definition) is 0. The highest BCUT2D eigenvalue weighted by Gasteiger charge is 2.44. The molecule has 0 bridgehead atoms. The van der Waals surface area contributed by atoms with Gasteiger partial charge in [0.2, 0.25) is 0 Å². The van der Waals surface area contributed by atoms with E-state index < -0.39 is 23.6 Å². The summed E-state index contributed by atoms with van der Waals surface area (Å²) in [5, 5.41) is 5.49. The predicted octanol–water partition coefficient (Wildman–Crippen LogP) is 6.44. The number of rotatable bonds is 6. The smallest absolute Gasteiger partial charge is 0.267 e. The molecule has 0 radical (unpaired) electrons. The third kappa shape index (κ3) is 5.03. The highest BCUT2D eigenvalue weighted by atomic mass is 16.2. The molecule has 2 aliphatic rings. The van der Waals surface area contributed by atoms with Gasteiger partial charge >= 0.3 is 0 Å². The fraction of sp³-hybridized carbons (Fsp3) is 0. The zero-order valence-electron chi connectivity index (χ0n) is 24.4. The molecule has 7 rings (SSSR count). The molecule has 0 saturated carbocycles. The zero-order valence-corrected chi connectivity index (χ0v) is 24.4. The number of hydrogen-bond acceptors (Lipinski definition) is 4. The highest BCUT2D eigenvalue weighted by molar-refractivity contribution is 6.39. The SMILES string of the molecule is O=C1C(=Cc2ccc(C=C3C(=O)N(c4ccccc4)N(c4ccccc4)C3=O)cc2)C(=O)N(c2ccccc2)N1c1ccccc1. The van der Waals surface area contributed by atoms with Gasteiger partial charge in [-0.3, -0.25) is 19.2 Å². The van der Waals surface area contributed by atoms with Crippen molar-refractivity contribution in [3.63, 3.8) is 0 Å². The summed E-state index contributed by atoms with van der Waals surface area (Å²) >= 11 is 0. The predicted molar refractivity (Wildman–Crippen MR) is 178 cm³/mol. The van der Waals surface area contributed by atoms with E-state index in [-0.39, 0.29) is 11.1 Å². The topological polar surface area (TPSA) is 81.2 Å². The van der Waals surface area contributed by atoms with Gasteiger partial charge in [0, 0.05) is 0 Å². The van der Waals surface area contributed by atoms with E-state index in [1.807, 2.05) is 72.8 Å². The Kier molecular flexibility index (Phi) is 7.28. The summed E-state index contributed by atoms with van der Waals surface area (Å²) in [6.45, 7) is 0. The first-order valence-corrected chi connectivity index (χ1v) is 14.6. The van der Waals surface area contributed by atoms with E-state index in [2.05, 4.69) is 0 Å². The Morgan fingerprint density at radius 2 is 0.522 bits per heavy atom. The summed E-state index contributed by atoms with van der Waals surface area (Å²) in [7, 11) is 0. The summed E-state index contributed by atoms with van der Waals surface area (Å²) < 4.78 is 0. The number of hydrazine groups is 2. The molecule has 0 aromatic heterocycles. The normalized spacial score (nSPS) is 14.9. The molecule has 0 N–H and O–H groups in total. The summed E-state index contributed by atoms with van der Waals surface area (Å²) in [5.74, 6) is -1.79. The monoisotopic (exact) mass is 602 g/mol. The average Bonchev–Trinajstić information content (AvgIpc) is 3.50. The van der Waals surface area contributed by atoms with E-state index >= 15 is 0 Å². The van der Waals surface area contributed by atoms with Crippen molar-refractivity contribution in [1.82, 2.24) is 0 Å². The van der Waals surface area contributed by atoms with Crippen molar-refractivity contribution in [2.45, 2.75) is 0 Å². The van der Waals surface area contributed by atoms with Crippen LogP contribution in [0.3, 0.4) is 0 Å². The van der Waals surface area contributed by atoms with Gasteiger partial charge in [-0.25, -0.2) is 20.0 Å². The second-order valence-corrected chi connectivity index (χ2v) is 10.6. The Labute approximate surface area is 265 Å². The molecule has 8 heteroatoms. The Hall–Kier alpha value is -6.54. The van der Waals surface area contributed by atoms with Crippen molar-refractivity contribution in [2.75, 3.05) is 20.0 Å². The first kappa shape index (κ1) is 28.2. The van der Waals surface area contributed by atoms with Crippen molar-refractivity contribution in [3.8, 4) is 0 Å². The zero-order chi connectivity index (χ0) is 31.6. The third-order valence-electron chi connectivity index (χ3n) is 7.65. The molecule has 0 atom stereocenters. The minimum atomic E-state index is -0.449. The first-order valence-electron chi connectivity index (χ1n) is 14.6. The van der Waals surface area contributed by atoms with E-state index in [4.69, 9.17) is 0 Å². The van der Waals surface area contributed by atoms with Gasteiger partial charge in [0.15, 0.2) is 0 Å². The van der Waals surface area contributed by atoms with E-state index in [1.54, 1.807) is 84.9 Å². The quantitative estimate of drug-likeness (QED) is 0.165. The molecular weight excluding hydrogens is 576 g/mol. The fourth-order valence-corrected chi connectivity index (χ4v) is 5.48. The first-order chi connectivity index (χ1) is 22.5. The van der Waals surface area contributed by atoms with Crippen LogP contribution in [0.1, 0.15) is 11.1 Å². The van der Waals surface area contributed by atoms with Gasteiger partial charge in [0.05, 0.1) is 22.7 Å². The summed E-state index contributed by atoms with van der Waals surface area (Å²) in [4.78, 5) is 54.7. The van der Waals surface area contributed by atoms with Crippen LogP contribution < -0.4 is 20.0 Å². The van der Waals surface area contributed by atoms with Gasteiger partial charge < -0.3 is 0 Å². The summed E-state index contributed by atoms with van der Waals surface area (Å²) in [6, 6.07) is 43.0. The fourth-order valence-electron chi connectivity index (χ4n) is 5.48. The standard InChI is InChI=1S/C38H26N4O4/c43-35-33(36(44)40(30-15-7-2-8-16-30)39(35)29-13-5-1-6-14-29)25-27-21-23-28(24-22-27)26-34-37(45)41(31-17-9-3-10-18-31)42(38(34)46)32-19-11-4-12-20-32/h1-26H. The van der Waals surface area contributed by atoms with Crippen molar-refractivity contribution in [3.05, 3.63) is 168 Å². The molecule has 0 spiro atoms. The Balaban J connectivity index is 1.21. The highest BCUT2D eigenvalue weighted by Crippen LogP contribution is 2.34. The molecule has 2 saturated heterocycles. The van der Waals surface area contributed by atoms with Gasteiger partial charge in [-0.05, 0) is 71.8 Å². The second kappa shape index (κ2) is 11.9. The molecule has 222 valence electrons. The van der Waals surface area contributed by atoms with Crippen LogP contribution in [-0.2, 0) is 19.2 Å². The molecule has 5 aromatic carbocycles. The van der Waals surface area contributed by atoms with Gasteiger partial charge in [0.1, 0.15) is 11.1 Å². The molecule has 0 aliphatic carbocycles. The molecular formula is C38H26N4O4. The molecule has 2 aliphatic heterocycles. The third-order valence-corrected chi connectivity index (χ3v) is 7.65. The van der Waals surface area contributed by atoms with Crippen LogP contribution in [0.2, 0.25) is 0 Å². The van der Waals surface area contributed by atoms with E-state index in [0.717, 1.165) is 0 Å². The number of benzene rings is 5. The largest absolute Gasteiger partial charge is 0.283 e. The Morgan fingerprint density at radius 1 is 0.304 bits per heavy atom. The number of para-hydroxylation sites is 4. The average molecular weight is 603 g/mol. The molecule has 5 aromatic rings. The van der Waals surface area contributed by atoms with Crippen LogP contribution in [0.5, 0.6) is 0 Å². The maximum Gasteiger partial charge on any atom is 0.283 e. The Morgan fingerprint density at radius 3 is 0.739 bits per heavy atom. The lowest BCUT2D eigenvalue weighted by molar-refractivity contribution is -0.117. The van der Waals surface area contributed by atoms with Gasteiger partial charge in [0.25, 0.3) is 23.6 Å². The number of carbonyl (C=O) groups is 4. The van der Waals surface area contributed by atoms with E-state index in [0.29, 0.717) is 33.9 Å².